The van der Waals surface area contributed by atoms with Crippen LogP contribution in [-0.2, 0) is 11.3 Å². The molecule has 0 bridgehead atoms. The summed E-state index contributed by atoms with van der Waals surface area (Å²) in [5.74, 6) is -0.786. The molecule has 5 heterocycles. The number of allylic oxidation sites excluding steroid dienone is 4. The van der Waals surface area contributed by atoms with Crippen LogP contribution in [0.2, 0.25) is 0 Å². The molecule has 0 saturated carbocycles. The van der Waals surface area contributed by atoms with Crippen molar-refractivity contribution in [2.24, 2.45) is 9.98 Å². The maximum atomic E-state index is 14.3. The number of Topliss-reactive ketones (excluding diaryl/α,β-unsaturated/α-hetero) is 2. The smallest absolute Gasteiger partial charge is 0.419 e. The minimum atomic E-state index is -0.616. The van der Waals surface area contributed by atoms with Crippen molar-refractivity contribution in [2.75, 3.05) is 0 Å². The average molecular weight is 836 g/mol. The van der Waals surface area contributed by atoms with Gasteiger partial charge < -0.3 is 4.74 Å². The molecule has 0 radical (unpaired) electrons. The van der Waals surface area contributed by atoms with Crippen LogP contribution >= 0.6 is 45.3 Å². The van der Waals surface area contributed by atoms with Crippen LogP contribution in [0, 0.1) is 45.3 Å². The van der Waals surface area contributed by atoms with E-state index in [9.17, 15) is 35.4 Å². The van der Waals surface area contributed by atoms with E-state index in [1.165, 1.54) is 45.3 Å². The molecule has 2 aliphatic rings. The summed E-state index contributed by atoms with van der Waals surface area (Å²) in [5, 5.41) is 40.1. The predicted molar refractivity (Wildman–Crippen MR) is 230 cm³/mol. The van der Waals surface area contributed by atoms with E-state index in [2.05, 4.69) is 0 Å². The average Bonchev–Trinajstić information content (AvgIpc) is 4.12. The van der Waals surface area contributed by atoms with Gasteiger partial charge in [0, 0.05) is 22.3 Å². The topological polar surface area (TPSA) is 185 Å². The van der Waals surface area contributed by atoms with Gasteiger partial charge in [-0.25, -0.2) is 19.3 Å². The van der Waals surface area contributed by atoms with Gasteiger partial charge in [-0.15, -0.1) is 45.3 Å². The number of carbonyl (C=O) groups is 3. The molecule has 0 N–H and O–H groups in total. The maximum absolute atomic E-state index is 14.3. The molecule has 0 spiro atoms. The van der Waals surface area contributed by atoms with Crippen LogP contribution in [0.1, 0.15) is 37.4 Å². The number of aliphatic imine (C=N–C) groups is 2. The number of ether oxygens (including phenoxy) is 1. The summed E-state index contributed by atoms with van der Waals surface area (Å²) in [4.78, 5) is 51.1. The zero-order valence-corrected chi connectivity index (χ0v) is 33.0. The normalized spacial score (nSPS) is 14.6. The minimum absolute atomic E-state index is 0.000954. The number of aromatic nitrogens is 1. The first-order chi connectivity index (χ1) is 28.8. The Kier molecular flexibility index (Phi) is 8.36. The highest BCUT2D eigenvalue weighted by Crippen LogP contribution is 2.53. The second kappa shape index (κ2) is 13.8. The van der Waals surface area contributed by atoms with E-state index >= 15 is 0 Å². The summed E-state index contributed by atoms with van der Waals surface area (Å²) in [6.07, 6.45) is -0.616. The van der Waals surface area contributed by atoms with Gasteiger partial charge in [-0.05, 0) is 28.8 Å². The summed E-state index contributed by atoms with van der Waals surface area (Å²) in [5.41, 5.74) is 3.62. The molecular formula is C44H17N7O4S4. The lowest BCUT2D eigenvalue weighted by atomic mass is 10.0. The number of nitriles is 4. The fraction of sp³-hybridized carbons (Fsp3) is 0.0227. The molecule has 59 heavy (non-hydrogen) atoms. The van der Waals surface area contributed by atoms with Crippen molar-refractivity contribution in [3.63, 3.8) is 0 Å². The Morgan fingerprint density at radius 2 is 1.00 bits per heavy atom. The van der Waals surface area contributed by atoms with Gasteiger partial charge >= 0.3 is 6.09 Å². The summed E-state index contributed by atoms with van der Waals surface area (Å²) in [6, 6.07) is 34.2. The van der Waals surface area contributed by atoms with E-state index in [0.29, 0.717) is 43.3 Å². The molecule has 0 unspecified atom stereocenters. The SMILES string of the molecule is N#CC(C#N)=C1/C(=N/c2cc3sc4c5sc6cc(/N=C7/C(=O)c8ccccc8C7=C(C#N)C#N)sc6c5n(C(=O)OCc5ccccc5)c4c3s2)C(=O)c2ccccc21. The van der Waals surface area contributed by atoms with Crippen LogP contribution in [0.3, 0.4) is 0 Å². The molecule has 0 amide bonds. The summed E-state index contributed by atoms with van der Waals surface area (Å²) in [7, 11) is 0. The Balaban J connectivity index is 1.15. The molecule has 10 rings (SSSR count). The highest BCUT2D eigenvalue weighted by Gasteiger charge is 2.36. The van der Waals surface area contributed by atoms with Crippen molar-refractivity contribution in [1.29, 1.82) is 21.0 Å². The van der Waals surface area contributed by atoms with E-state index in [4.69, 9.17) is 14.7 Å². The highest BCUT2D eigenvalue weighted by molar-refractivity contribution is 7.39. The van der Waals surface area contributed by atoms with Crippen molar-refractivity contribution in [3.05, 3.63) is 130 Å². The third-order valence-electron chi connectivity index (χ3n) is 9.87. The minimum Gasteiger partial charge on any atom is -0.444 e. The van der Waals surface area contributed by atoms with Crippen LogP contribution in [0.4, 0.5) is 14.8 Å². The fourth-order valence-electron chi connectivity index (χ4n) is 7.38. The second-order valence-electron chi connectivity index (χ2n) is 13.1. The molecule has 5 aromatic heterocycles. The number of fused-ring (bicyclic) bond motifs is 9. The number of thiophene rings is 4. The van der Waals surface area contributed by atoms with Crippen molar-refractivity contribution < 1.29 is 19.1 Å². The molecule has 0 aliphatic heterocycles. The lowest BCUT2D eigenvalue weighted by molar-refractivity contribution is 0.106. The first kappa shape index (κ1) is 35.8. The lowest BCUT2D eigenvalue weighted by Gasteiger charge is -2.07. The number of hydrogen-bond donors (Lipinski definition) is 0. The molecule has 0 fully saturated rings. The van der Waals surface area contributed by atoms with Crippen molar-refractivity contribution >= 4 is 135 Å². The van der Waals surface area contributed by atoms with Crippen LogP contribution in [0.15, 0.2) is 112 Å². The first-order valence-corrected chi connectivity index (χ1v) is 20.8. The maximum Gasteiger partial charge on any atom is 0.419 e. The van der Waals surface area contributed by atoms with E-state index in [1.807, 2.05) is 66.7 Å². The standard InChI is InChI=1S/C44H17N7O4S4/c45-16-22(17-46)32-24-10-4-6-12-26(24)38(52)34(32)49-30-14-28-40(58-30)36-42(56-28)43-37(51(36)44(54)55-20-21-8-2-1-3-9-21)41-29(57-43)15-31(59-41)50-35-33(23(18-47)19-48)25-11-5-7-13-27(25)39(35)53/h1-15H,20H2/b49-34-,50-35+. The van der Waals surface area contributed by atoms with Gasteiger partial charge in [-0.1, -0.05) is 78.9 Å². The third-order valence-corrected chi connectivity index (χ3v) is 14.6. The van der Waals surface area contributed by atoms with Gasteiger partial charge in [0.05, 0.1) is 39.2 Å². The Labute approximate surface area is 348 Å². The van der Waals surface area contributed by atoms with E-state index in [0.717, 1.165) is 33.8 Å². The molecule has 15 heteroatoms. The van der Waals surface area contributed by atoms with E-state index in [-0.39, 0.29) is 40.3 Å². The van der Waals surface area contributed by atoms with Gasteiger partial charge in [0.2, 0.25) is 11.6 Å². The molecule has 276 valence electrons. The fourth-order valence-corrected chi connectivity index (χ4v) is 12.5. The highest BCUT2D eigenvalue weighted by atomic mass is 32.1. The summed E-state index contributed by atoms with van der Waals surface area (Å²) in [6.45, 7) is 0.0177. The first-order valence-electron chi connectivity index (χ1n) is 17.5. The molecule has 3 aromatic carbocycles. The van der Waals surface area contributed by atoms with Gasteiger partial charge in [0.25, 0.3) is 0 Å². The Bertz CT molecular complexity index is 3320. The third kappa shape index (κ3) is 5.43. The Morgan fingerprint density at radius 1 is 0.576 bits per heavy atom. The molecule has 11 nitrogen and oxygen atoms in total. The van der Waals surface area contributed by atoms with Gasteiger partial charge in [0.15, 0.2) is 0 Å². The number of rotatable bonds is 4. The second-order valence-corrected chi connectivity index (χ2v) is 17.3. The zero-order valence-electron chi connectivity index (χ0n) is 29.8. The molecule has 0 atom stereocenters. The molecule has 0 saturated heterocycles. The summed E-state index contributed by atoms with van der Waals surface area (Å²) >= 11 is 5.47. The summed E-state index contributed by atoms with van der Waals surface area (Å²) < 4.78 is 12.3. The van der Waals surface area contributed by atoms with Crippen molar-refractivity contribution in [1.82, 2.24) is 4.57 Å². The van der Waals surface area contributed by atoms with Crippen LogP contribution in [0.25, 0.3) is 50.4 Å². The van der Waals surface area contributed by atoms with Crippen LogP contribution in [0.5, 0.6) is 0 Å². The van der Waals surface area contributed by atoms with Crippen molar-refractivity contribution in [2.45, 2.75) is 6.61 Å². The quantitative estimate of drug-likeness (QED) is 0.157. The number of carbonyl (C=O) groups excluding carboxylic acids is 3. The van der Waals surface area contributed by atoms with Gasteiger partial charge in [-0.3, -0.25) is 9.59 Å². The van der Waals surface area contributed by atoms with Crippen molar-refractivity contribution in [3.8, 4) is 24.3 Å². The molecule has 8 aromatic rings. The van der Waals surface area contributed by atoms with Crippen LogP contribution < -0.4 is 0 Å². The van der Waals surface area contributed by atoms with Gasteiger partial charge in [0.1, 0.15) is 63.5 Å². The molecular weight excluding hydrogens is 819 g/mol. The largest absolute Gasteiger partial charge is 0.444 e. The number of nitrogens with zero attached hydrogens (tertiary/aromatic N) is 7. The number of benzene rings is 3. The number of hydrogen-bond acceptors (Lipinski definition) is 14. The predicted octanol–water partition coefficient (Wildman–Crippen LogP) is 11.1. The number of ketones is 2. The van der Waals surface area contributed by atoms with E-state index in [1.54, 1.807) is 53.1 Å². The Morgan fingerprint density at radius 3 is 1.44 bits per heavy atom. The molecule has 2 aliphatic carbocycles. The van der Waals surface area contributed by atoms with E-state index < -0.39 is 17.7 Å². The lowest BCUT2D eigenvalue weighted by Crippen LogP contribution is -2.13. The van der Waals surface area contributed by atoms with Gasteiger partial charge in [-0.2, -0.15) is 21.0 Å². The monoisotopic (exact) mass is 835 g/mol. The van der Waals surface area contributed by atoms with Crippen LogP contribution in [-0.4, -0.2) is 33.7 Å². The zero-order chi connectivity index (χ0) is 40.5. The Hall–Kier alpha value is -7.63.